The minimum Gasteiger partial charge on any atom is -0.358 e. The van der Waals surface area contributed by atoms with Crippen molar-refractivity contribution in [3.8, 4) is 0 Å². The Kier molecular flexibility index (Phi) is 3.21. The van der Waals surface area contributed by atoms with E-state index in [9.17, 15) is 4.39 Å². The first kappa shape index (κ1) is 14.7. The third-order valence-corrected chi connectivity index (χ3v) is 5.20. The second-order valence-corrected chi connectivity index (χ2v) is 7.13. The van der Waals surface area contributed by atoms with Crippen LogP contribution in [0.25, 0.3) is 21.4 Å². The van der Waals surface area contributed by atoms with Crippen molar-refractivity contribution in [3.63, 3.8) is 0 Å². The molecule has 3 heterocycles. The molecule has 0 radical (unpaired) electrons. The molecular weight excluding hydrogens is 339 g/mol. The van der Waals surface area contributed by atoms with E-state index < -0.39 is 0 Å². The van der Waals surface area contributed by atoms with Gasteiger partial charge in [-0.2, -0.15) is 0 Å². The van der Waals surface area contributed by atoms with Crippen LogP contribution in [0.5, 0.6) is 0 Å². The highest BCUT2D eigenvalue weighted by atomic mass is 32.1. The summed E-state index contributed by atoms with van der Waals surface area (Å²) in [5.74, 6) is 1.35. The Labute approximate surface area is 146 Å². The zero-order valence-electron chi connectivity index (χ0n) is 13.5. The van der Waals surface area contributed by atoms with Gasteiger partial charge in [0.05, 0.1) is 22.6 Å². The lowest BCUT2D eigenvalue weighted by Gasteiger charge is -2.16. The van der Waals surface area contributed by atoms with E-state index in [1.54, 1.807) is 17.6 Å². The molecule has 1 fully saturated rings. The molecule has 8 heteroatoms. The molecule has 1 saturated carbocycles. The lowest BCUT2D eigenvalue weighted by Crippen LogP contribution is -2.14. The van der Waals surface area contributed by atoms with Crippen LogP contribution in [-0.4, -0.2) is 24.5 Å². The second-order valence-electron chi connectivity index (χ2n) is 6.30. The predicted molar refractivity (Wildman–Crippen MR) is 95.2 cm³/mol. The SMILES string of the molecule is C[C@H](Nc1ncnc2scnc12)c1nc2ccc(F)cc2n1C1CC1. The summed E-state index contributed by atoms with van der Waals surface area (Å²) in [6.45, 7) is 2.04. The van der Waals surface area contributed by atoms with Crippen LogP contribution in [0.3, 0.4) is 0 Å². The number of imidazole rings is 1. The maximum absolute atomic E-state index is 13.7. The van der Waals surface area contributed by atoms with Crippen LogP contribution in [0.2, 0.25) is 0 Å². The Morgan fingerprint density at radius 2 is 2.16 bits per heavy atom. The molecule has 25 heavy (non-hydrogen) atoms. The molecule has 0 spiro atoms. The second kappa shape index (κ2) is 5.45. The van der Waals surface area contributed by atoms with Crippen molar-refractivity contribution in [2.24, 2.45) is 0 Å². The van der Waals surface area contributed by atoms with Crippen LogP contribution in [0, 0.1) is 5.82 Å². The standard InChI is InChI=1S/C17H15FN6S/c1-9(22-15-14-17(20-7-19-15)25-8-21-14)16-23-12-5-2-10(18)6-13(12)24(16)11-3-4-11/h2,5-9,11H,3-4H2,1H3,(H,19,20,22)/t9-/m0/s1. The molecule has 5 rings (SSSR count). The Morgan fingerprint density at radius 1 is 1.28 bits per heavy atom. The highest BCUT2D eigenvalue weighted by Gasteiger charge is 2.30. The third-order valence-electron chi connectivity index (χ3n) is 4.47. The zero-order chi connectivity index (χ0) is 17.0. The van der Waals surface area contributed by atoms with Crippen LogP contribution in [0.4, 0.5) is 10.2 Å². The van der Waals surface area contributed by atoms with E-state index >= 15 is 0 Å². The monoisotopic (exact) mass is 354 g/mol. The average Bonchev–Trinajstić information content (AvgIpc) is 3.19. The number of aromatic nitrogens is 5. The summed E-state index contributed by atoms with van der Waals surface area (Å²) >= 11 is 1.48. The quantitative estimate of drug-likeness (QED) is 0.598. The Balaban J connectivity index is 1.58. The number of anilines is 1. The normalized spacial score (nSPS) is 15.8. The summed E-state index contributed by atoms with van der Waals surface area (Å²) in [5.41, 5.74) is 4.20. The first-order valence-electron chi connectivity index (χ1n) is 8.19. The number of halogens is 1. The largest absolute Gasteiger partial charge is 0.358 e. The summed E-state index contributed by atoms with van der Waals surface area (Å²) in [6.07, 6.45) is 3.74. The molecule has 0 amide bonds. The molecule has 126 valence electrons. The summed E-state index contributed by atoms with van der Waals surface area (Å²) in [4.78, 5) is 18.5. The number of nitrogens with zero attached hydrogens (tertiary/aromatic N) is 5. The first-order valence-corrected chi connectivity index (χ1v) is 9.07. The van der Waals surface area contributed by atoms with Gasteiger partial charge in [-0.1, -0.05) is 0 Å². The van der Waals surface area contributed by atoms with Crippen molar-refractivity contribution in [3.05, 3.63) is 41.7 Å². The smallest absolute Gasteiger partial charge is 0.157 e. The van der Waals surface area contributed by atoms with E-state index in [4.69, 9.17) is 4.98 Å². The van der Waals surface area contributed by atoms with Crippen LogP contribution >= 0.6 is 11.3 Å². The van der Waals surface area contributed by atoms with E-state index in [-0.39, 0.29) is 11.9 Å². The fourth-order valence-electron chi connectivity index (χ4n) is 3.18. The lowest BCUT2D eigenvalue weighted by molar-refractivity contribution is 0.625. The van der Waals surface area contributed by atoms with Gasteiger partial charge in [-0.05, 0) is 38.0 Å². The van der Waals surface area contributed by atoms with Gasteiger partial charge in [-0.25, -0.2) is 24.3 Å². The van der Waals surface area contributed by atoms with E-state index in [0.29, 0.717) is 11.9 Å². The maximum atomic E-state index is 13.7. The van der Waals surface area contributed by atoms with Gasteiger partial charge in [0.1, 0.15) is 28.3 Å². The van der Waals surface area contributed by atoms with Gasteiger partial charge in [-0.15, -0.1) is 11.3 Å². The molecule has 1 aromatic carbocycles. The summed E-state index contributed by atoms with van der Waals surface area (Å²) < 4.78 is 15.9. The molecular formula is C17H15FN6S. The van der Waals surface area contributed by atoms with Crippen LogP contribution in [0.15, 0.2) is 30.0 Å². The van der Waals surface area contributed by atoms with Gasteiger partial charge in [-0.3, -0.25) is 0 Å². The summed E-state index contributed by atoms with van der Waals surface area (Å²) in [7, 11) is 0. The summed E-state index contributed by atoms with van der Waals surface area (Å²) in [6, 6.07) is 5.08. The molecule has 0 saturated heterocycles. The number of thiazole rings is 1. The third kappa shape index (κ3) is 2.44. The fraction of sp³-hybridized carbons (Fsp3) is 0.294. The zero-order valence-corrected chi connectivity index (χ0v) is 14.3. The number of hydrogen-bond donors (Lipinski definition) is 1. The molecule has 1 N–H and O–H groups in total. The van der Waals surface area contributed by atoms with Gasteiger partial charge in [0.2, 0.25) is 0 Å². The molecule has 0 aliphatic heterocycles. The molecule has 1 aliphatic carbocycles. The Hall–Kier alpha value is -2.61. The van der Waals surface area contributed by atoms with E-state index in [2.05, 4.69) is 24.8 Å². The number of nitrogens with one attached hydrogen (secondary N) is 1. The predicted octanol–water partition coefficient (Wildman–Crippen LogP) is 4.08. The lowest BCUT2D eigenvalue weighted by atomic mass is 10.3. The van der Waals surface area contributed by atoms with Crippen molar-refractivity contribution in [1.29, 1.82) is 0 Å². The van der Waals surface area contributed by atoms with Gasteiger partial charge >= 0.3 is 0 Å². The van der Waals surface area contributed by atoms with E-state index in [0.717, 1.165) is 40.0 Å². The minimum absolute atomic E-state index is 0.0872. The highest BCUT2D eigenvalue weighted by molar-refractivity contribution is 7.16. The number of rotatable bonds is 4. The molecule has 3 aromatic heterocycles. The van der Waals surface area contributed by atoms with Crippen LogP contribution < -0.4 is 5.32 Å². The van der Waals surface area contributed by atoms with Gasteiger partial charge in [0, 0.05) is 6.04 Å². The van der Waals surface area contributed by atoms with Gasteiger partial charge in [0.25, 0.3) is 0 Å². The summed E-state index contributed by atoms with van der Waals surface area (Å²) in [5, 5.41) is 3.40. The van der Waals surface area contributed by atoms with Crippen molar-refractivity contribution in [1.82, 2.24) is 24.5 Å². The Morgan fingerprint density at radius 3 is 3.00 bits per heavy atom. The Bertz CT molecular complexity index is 1080. The van der Waals surface area contributed by atoms with Gasteiger partial charge in [0.15, 0.2) is 5.82 Å². The van der Waals surface area contributed by atoms with Crippen molar-refractivity contribution in [2.45, 2.75) is 31.8 Å². The molecule has 4 aromatic rings. The molecule has 0 unspecified atom stereocenters. The van der Waals surface area contributed by atoms with Crippen molar-refractivity contribution in [2.75, 3.05) is 5.32 Å². The molecule has 1 atom stereocenters. The first-order chi connectivity index (χ1) is 12.2. The fourth-order valence-corrected chi connectivity index (χ4v) is 3.80. The molecule has 1 aliphatic rings. The van der Waals surface area contributed by atoms with Gasteiger partial charge < -0.3 is 9.88 Å². The van der Waals surface area contributed by atoms with Crippen LogP contribution in [-0.2, 0) is 0 Å². The van der Waals surface area contributed by atoms with Crippen LogP contribution in [0.1, 0.15) is 37.7 Å². The number of fused-ring (bicyclic) bond motifs is 2. The van der Waals surface area contributed by atoms with E-state index in [1.165, 1.54) is 23.7 Å². The maximum Gasteiger partial charge on any atom is 0.157 e. The number of hydrogen-bond acceptors (Lipinski definition) is 6. The molecule has 6 nitrogen and oxygen atoms in total. The van der Waals surface area contributed by atoms with Crippen molar-refractivity contribution >= 4 is 38.5 Å². The van der Waals surface area contributed by atoms with Crippen molar-refractivity contribution < 1.29 is 4.39 Å². The highest BCUT2D eigenvalue weighted by Crippen LogP contribution is 2.40. The number of benzene rings is 1. The molecule has 0 bridgehead atoms. The van der Waals surface area contributed by atoms with E-state index in [1.807, 2.05) is 6.92 Å². The minimum atomic E-state index is -0.235. The average molecular weight is 354 g/mol. The topological polar surface area (TPSA) is 68.5 Å².